The normalized spacial score (nSPS) is 14.1. The number of anilines is 3. The molecule has 15 heteroatoms. The fraction of sp³-hybridized carbons (Fsp3) is 0.211. The minimum atomic E-state index is -0.0257. The molecule has 2 fully saturated rings. The van der Waals surface area contributed by atoms with Crippen molar-refractivity contribution in [3.05, 3.63) is 123 Å². The fourth-order valence-corrected chi connectivity index (χ4v) is 6.69. The van der Waals surface area contributed by atoms with Gasteiger partial charge in [-0.3, -0.25) is 19.6 Å². The highest BCUT2D eigenvalue weighted by Crippen LogP contribution is 2.29. The first-order valence-corrected chi connectivity index (χ1v) is 18.2. The van der Waals surface area contributed by atoms with Crippen LogP contribution in [0.2, 0.25) is 10.0 Å². The van der Waals surface area contributed by atoms with Gasteiger partial charge < -0.3 is 30.3 Å². The lowest BCUT2D eigenvalue weighted by Crippen LogP contribution is -2.40. The summed E-state index contributed by atoms with van der Waals surface area (Å²) >= 11 is 15.5. The summed E-state index contributed by atoms with van der Waals surface area (Å²) in [6.07, 6.45) is 6.59. The number of hydrogen-bond acceptors (Lipinski definition) is 10. The molecule has 0 spiro atoms. The van der Waals surface area contributed by atoms with Gasteiger partial charge in [-0.15, -0.1) is 0 Å². The second kappa shape index (κ2) is 18.2. The van der Waals surface area contributed by atoms with E-state index in [-0.39, 0.29) is 11.8 Å². The van der Waals surface area contributed by atoms with Crippen molar-refractivity contribution < 1.29 is 19.1 Å². The molecular weight excluding hydrogens is 783 g/mol. The summed E-state index contributed by atoms with van der Waals surface area (Å²) in [6.45, 7) is 4.87. The number of amides is 2. The summed E-state index contributed by atoms with van der Waals surface area (Å²) in [5.74, 6) is 1.01. The molecule has 0 atom stereocenters. The lowest BCUT2D eigenvalue weighted by Gasteiger charge is -2.26. The van der Waals surface area contributed by atoms with Crippen LogP contribution in [0.1, 0.15) is 20.7 Å². The number of carbonyl (C=O) groups excluding carboxylic acids is 2. The first-order chi connectivity index (χ1) is 25.7. The summed E-state index contributed by atoms with van der Waals surface area (Å²) in [5.41, 5.74) is 9.12. The largest absolute Gasteiger partial charge is 0.384 e. The van der Waals surface area contributed by atoms with Gasteiger partial charge in [-0.25, -0.2) is 9.97 Å². The number of nitrogens with two attached hydrogens (primary N) is 1. The molecule has 6 aromatic rings. The number of morpholine rings is 2. The number of nitrogens with one attached hydrogen (secondary N) is 1. The van der Waals surface area contributed by atoms with Crippen LogP contribution in [-0.2, 0) is 9.47 Å². The van der Waals surface area contributed by atoms with E-state index in [1.807, 2.05) is 48.5 Å². The van der Waals surface area contributed by atoms with E-state index >= 15 is 0 Å². The maximum absolute atomic E-state index is 12.5. The Balaban J connectivity index is 0.000000150. The zero-order valence-electron chi connectivity index (χ0n) is 28.4. The topological polar surface area (TPSA) is 149 Å². The van der Waals surface area contributed by atoms with Crippen molar-refractivity contribution >= 4 is 90.1 Å². The molecule has 272 valence electrons. The third-order valence-corrected chi connectivity index (χ3v) is 9.24. The molecule has 3 N–H and O–H groups in total. The van der Waals surface area contributed by atoms with Crippen molar-refractivity contribution in [2.45, 2.75) is 0 Å². The molecule has 2 saturated heterocycles. The molecule has 12 nitrogen and oxygen atoms in total. The van der Waals surface area contributed by atoms with Crippen molar-refractivity contribution in [3.63, 3.8) is 0 Å². The second-order valence-corrected chi connectivity index (χ2v) is 13.6. The molecule has 6 heterocycles. The van der Waals surface area contributed by atoms with Gasteiger partial charge in [0.25, 0.3) is 11.8 Å². The summed E-state index contributed by atoms with van der Waals surface area (Å²) in [7, 11) is 0. The van der Waals surface area contributed by atoms with Gasteiger partial charge in [0.1, 0.15) is 11.6 Å². The van der Waals surface area contributed by atoms with Gasteiger partial charge in [-0.05, 0) is 76.6 Å². The van der Waals surface area contributed by atoms with Gasteiger partial charge in [0.2, 0.25) is 0 Å². The van der Waals surface area contributed by atoms with Crippen LogP contribution >= 0.6 is 39.1 Å². The van der Waals surface area contributed by atoms with Gasteiger partial charge in [-0.2, -0.15) is 0 Å². The van der Waals surface area contributed by atoms with Crippen LogP contribution in [0.15, 0.2) is 102 Å². The number of carbonyl (C=O) groups is 2. The number of nitrogen functional groups attached to an aromatic ring is 1. The number of halogens is 3. The van der Waals surface area contributed by atoms with Crippen LogP contribution < -0.4 is 11.1 Å². The lowest BCUT2D eigenvalue weighted by molar-refractivity contribution is 0.0301. The smallest absolute Gasteiger partial charge is 0.255 e. The Morgan fingerprint density at radius 2 is 1.21 bits per heavy atom. The van der Waals surface area contributed by atoms with E-state index < -0.39 is 0 Å². The number of pyridine rings is 4. The van der Waals surface area contributed by atoms with Crippen LogP contribution in [0.25, 0.3) is 21.8 Å². The highest BCUT2D eigenvalue weighted by Gasteiger charge is 2.20. The van der Waals surface area contributed by atoms with Gasteiger partial charge in [0.05, 0.1) is 54.3 Å². The first kappa shape index (κ1) is 37.8. The molecule has 2 amide bonds. The average molecular weight is 819 g/mol. The van der Waals surface area contributed by atoms with E-state index in [9.17, 15) is 9.59 Å². The predicted octanol–water partition coefficient (Wildman–Crippen LogP) is 7.29. The molecule has 0 radical (unpaired) electrons. The first-order valence-electron chi connectivity index (χ1n) is 16.7. The average Bonchev–Trinajstić information content (AvgIpc) is 3.19. The van der Waals surface area contributed by atoms with Crippen LogP contribution in [0.5, 0.6) is 0 Å². The quantitative estimate of drug-likeness (QED) is 0.186. The summed E-state index contributed by atoms with van der Waals surface area (Å²) in [6, 6.07) is 22.0. The number of fused-ring (bicyclic) bond motifs is 2. The Labute approximate surface area is 324 Å². The summed E-state index contributed by atoms with van der Waals surface area (Å²) in [5, 5.41) is 6.57. The molecule has 2 aliphatic heterocycles. The third-order valence-electron chi connectivity index (χ3n) is 8.20. The molecule has 0 saturated carbocycles. The van der Waals surface area contributed by atoms with E-state index in [2.05, 4.69) is 41.2 Å². The number of hydrogen-bond donors (Lipinski definition) is 2. The highest BCUT2D eigenvalue weighted by molar-refractivity contribution is 9.10. The molecule has 0 bridgehead atoms. The van der Waals surface area contributed by atoms with E-state index in [4.69, 9.17) is 38.4 Å². The van der Waals surface area contributed by atoms with Crippen LogP contribution in [0, 0.1) is 0 Å². The maximum Gasteiger partial charge on any atom is 0.255 e. The van der Waals surface area contributed by atoms with E-state index in [1.54, 1.807) is 52.7 Å². The van der Waals surface area contributed by atoms with E-state index in [0.29, 0.717) is 80.4 Å². The Morgan fingerprint density at radius 1 is 0.679 bits per heavy atom. The van der Waals surface area contributed by atoms with Crippen molar-refractivity contribution in [1.29, 1.82) is 0 Å². The zero-order chi connectivity index (χ0) is 37.2. The summed E-state index contributed by atoms with van der Waals surface area (Å²) < 4.78 is 11.4. The van der Waals surface area contributed by atoms with Crippen molar-refractivity contribution in [2.24, 2.45) is 0 Å². The Bertz CT molecular complexity index is 2180. The number of ether oxygens (including phenoxy) is 2. The zero-order valence-corrected chi connectivity index (χ0v) is 31.5. The molecule has 0 aliphatic carbocycles. The highest BCUT2D eigenvalue weighted by atomic mass is 79.9. The molecule has 2 aromatic carbocycles. The Kier molecular flexibility index (Phi) is 13.0. The second-order valence-electron chi connectivity index (χ2n) is 11.8. The molecule has 8 rings (SSSR count). The van der Waals surface area contributed by atoms with Crippen molar-refractivity contribution in [3.8, 4) is 0 Å². The van der Waals surface area contributed by atoms with E-state index in [1.165, 1.54) is 6.20 Å². The van der Waals surface area contributed by atoms with Crippen molar-refractivity contribution in [2.75, 3.05) is 63.7 Å². The third kappa shape index (κ3) is 10.2. The van der Waals surface area contributed by atoms with E-state index in [0.717, 1.165) is 37.0 Å². The van der Waals surface area contributed by atoms with Gasteiger partial charge in [-0.1, -0.05) is 35.3 Å². The molecule has 0 unspecified atom stereocenters. The minimum Gasteiger partial charge on any atom is -0.384 e. The molecular formula is C38H35BrCl2N8O4. The monoisotopic (exact) mass is 816 g/mol. The molecule has 4 aromatic heterocycles. The fourth-order valence-electron chi connectivity index (χ4n) is 5.53. The van der Waals surface area contributed by atoms with Crippen LogP contribution in [0.4, 0.5) is 17.3 Å². The maximum atomic E-state index is 12.5. The van der Waals surface area contributed by atoms with Gasteiger partial charge in [0, 0.05) is 76.3 Å². The molecule has 53 heavy (non-hydrogen) atoms. The molecule has 2 aliphatic rings. The number of benzene rings is 2. The van der Waals surface area contributed by atoms with Gasteiger partial charge in [0.15, 0.2) is 0 Å². The van der Waals surface area contributed by atoms with Gasteiger partial charge >= 0.3 is 0 Å². The number of rotatable bonds is 4. The van der Waals surface area contributed by atoms with Crippen LogP contribution in [0.3, 0.4) is 0 Å². The minimum absolute atomic E-state index is 0.00852. The Hall–Kier alpha value is -4.92. The Morgan fingerprint density at radius 3 is 1.75 bits per heavy atom. The predicted molar refractivity (Wildman–Crippen MR) is 211 cm³/mol. The standard InChI is InChI=1S/C19H17ClN4O2.C10H13N3O2.C9H5BrClN/c20-15-10-13-2-1-5-21-18(13)16(11-15)23-17-4-3-14(12-22-17)19(25)24-6-8-26-9-7-24;11-9-2-1-8(7-12-9)10(14)13-3-5-15-6-4-13;10-8-5-7(11)4-6-2-1-3-12-9(6)8/h1-5,10-12H,6-9H2,(H,22,23);1-2,7H,3-6H2,(H2,11,12);1-5H. The SMILES string of the molecule is Clc1cc(Br)c2ncccc2c1.Nc1ccc(C(=O)N2CCOCC2)cn1.O=C(c1ccc(Nc2cc(Cl)cc3cccnc23)nc1)N1CCOCC1. The lowest BCUT2D eigenvalue weighted by atomic mass is 10.2. The van der Waals surface area contributed by atoms with Crippen LogP contribution in [-0.4, -0.2) is 94.2 Å². The number of nitrogens with zero attached hydrogens (tertiary/aromatic N) is 6. The summed E-state index contributed by atoms with van der Waals surface area (Å²) in [4.78, 5) is 44.8. The number of aromatic nitrogens is 4. The van der Waals surface area contributed by atoms with Crippen molar-refractivity contribution in [1.82, 2.24) is 29.7 Å².